The first-order valence-electron chi connectivity index (χ1n) is 7.86. The van der Waals surface area contributed by atoms with Gasteiger partial charge in [-0.05, 0) is 30.3 Å². The Morgan fingerprint density at radius 1 is 1.08 bits per heavy atom. The van der Waals surface area contributed by atoms with Crippen LogP contribution < -0.4 is 10.6 Å². The average Bonchev–Trinajstić information content (AvgIpc) is 2.96. The van der Waals surface area contributed by atoms with Crippen molar-refractivity contribution in [3.05, 3.63) is 63.9 Å². The first kappa shape index (κ1) is 18.2. The molecule has 0 fully saturated rings. The number of hydrogen-bond donors (Lipinski definition) is 2. The lowest BCUT2D eigenvalue weighted by molar-refractivity contribution is -0.120. The molecule has 0 radical (unpaired) electrons. The second-order valence-corrected chi connectivity index (χ2v) is 6.48. The molecule has 0 aliphatic carbocycles. The minimum atomic E-state index is -0.401. The monoisotopic (exact) mass is 390 g/mol. The van der Waals surface area contributed by atoms with Crippen molar-refractivity contribution in [3.8, 4) is 0 Å². The summed E-state index contributed by atoms with van der Waals surface area (Å²) in [7, 11) is 1.89. The van der Waals surface area contributed by atoms with Gasteiger partial charge in [-0.1, -0.05) is 35.3 Å². The fourth-order valence-corrected chi connectivity index (χ4v) is 2.79. The minimum absolute atomic E-state index is 0.150. The summed E-state index contributed by atoms with van der Waals surface area (Å²) in [6.45, 7) is 0.121. The Morgan fingerprint density at radius 2 is 1.85 bits per heavy atom. The van der Waals surface area contributed by atoms with E-state index in [0.29, 0.717) is 10.6 Å². The van der Waals surface area contributed by atoms with E-state index >= 15 is 0 Å². The number of hydrogen-bond acceptors (Lipinski definition) is 3. The molecule has 6 nitrogen and oxygen atoms in total. The Balaban J connectivity index is 1.54. The van der Waals surface area contributed by atoms with Gasteiger partial charge in [0.1, 0.15) is 5.82 Å². The van der Waals surface area contributed by atoms with Crippen LogP contribution in [0.25, 0.3) is 11.0 Å². The zero-order valence-electron chi connectivity index (χ0n) is 13.9. The number of rotatable bonds is 5. The largest absolute Gasteiger partial charge is 0.347 e. The molecule has 3 rings (SSSR count). The van der Waals surface area contributed by atoms with Gasteiger partial charge in [-0.2, -0.15) is 0 Å². The molecule has 26 heavy (non-hydrogen) atoms. The average molecular weight is 391 g/mol. The molecule has 0 unspecified atom stereocenters. The fourth-order valence-electron chi connectivity index (χ4n) is 2.49. The van der Waals surface area contributed by atoms with Crippen molar-refractivity contribution in [3.63, 3.8) is 0 Å². The SMILES string of the molecule is Cn1c(CNC(=O)CNC(=O)c2ccc(Cl)c(Cl)c2)nc2ccccc21. The number of nitrogens with zero attached hydrogens (tertiary/aromatic N) is 2. The predicted molar refractivity (Wildman–Crippen MR) is 101 cm³/mol. The summed E-state index contributed by atoms with van der Waals surface area (Å²) in [5, 5.41) is 5.93. The summed E-state index contributed by atoms with van der Waals surface area (Å²) in [5.41, 5.74) is 2.19. The Bertz CT molecular complexity index is 984. The van der Waals surface area contributed by atoms with E-state index in [4.69, 9.17) is 23.2 Å². The summed E-state index contributed by atoms with van der Waals surface area (Å²) < 4.78 is 1.92. The van der Waals surface area contributed by atoms with Crippen LogP contribution in [-0.4, -0.2) is 27.9 Å². The van der Waals surface area contributed by atoms with Crippen molar-refractivity contribution in [1.29, 1.82) is 0 Å². The first-order valence-corrected chi connectivity index (χ1v) is 8.61. The van der Waals surface area contributed by atoms with Crippen molar-refractivity contribution in [2.45, 2.75) is 6.54 Å². The summed E-state index contributed by atoms with van der Waals surface area (Å²) >= 11 is 11.7. The molecule has 0 spiro atoms. The highest BCUT2D eigenvalue weighted by molar-refractivity contribution is 6.42. The third-order valence-electron chi connectivity index (χ3n) is 3.91. The van der Waals surface area contributed by atoms with E-state index in [1.54, 1.807) is 6.07 Å². The molecule has 0 aliphatic rings. The molecule has 2 N–H and O–H groups in total. The summed E-state index contributed by atoms with van der Waals surface area (Å²) in [6, 6.07) is 12.3. The standard InChI is InChI=1S/C18H16Cl2N4O2/c1-24-15-5-3-2-4-14(15)23-16(24)9-21-17(25)10-22-18(26)11-6-7-12(19)13(20)8-11/h2-8H,9-10H2,1H3,(H,21,25)(H,22,26). The van der Waals surface area contributed by atoms with E-state index in [-0.39, 0.29) is 24.0 Å². The lowest BCUT2D eigenvalue weighted by atomic mass is 10.2. The van der Waals surface area contributed by atoms with Crippen molar-refractivity contribution < 1.29 is 9.59 Å². The molecule has 2 amide bonds. The quantitative estimate of drug-likeness (QED) is 0.702. The molecule has 8 heteroatoms. The number of fused-ring (bicyclic) bond motifs is 1. The van der Waals surface area contributed by atoms with Crippen LogP contribution in [0.15, 0.2) is 42.5 Å². The van der Waals surface area contributed by atoms with E-state index in [1.165, 1.54) is 12.1 Å². The molecular formula is C18H16Cl2N4O2. The molecular weight excluding hydrogens is 375 g/mol. The number of para-hydroxylation sites is 2. The van der Waals surface area contributed by atoms with Crippen LogP contribution in [0.5, 0.6) is 0 Å². The number of nitrogens with one attached hydrogen (secondary N) is 2. The molecule has 0 saturated carbocycles. The van der Waals surface area contributed by atoms with Crippen LogP contribution in [0.3, 0.4) is 0 Å². The molecule has 2 aromatic carbocycles. The lowest BCUT2D eigenvalue weighted by Gasteiger charge is -2.08. The van der Waals surface area contributed by atoms with Crippen LogP contribution in [-0.2, 0) is 18.4 Å². The van der Waals surface area contributed by atoms with Crippen LogP contribution in [0, 0.1) is 0 Å². The molecule has 1 heterocycles. The van der Waals surface area contributed by atoms with Crippen molar-refractivity contribution in [2.24, 2.45) is 7.05 Å². The van der Waals surface area contributed by atoms with Gasteiger partial charge in [-0.15, -0.1) is 0 Å². The van der Waals surface area contributed by atoms with Crippen LogP contribution in [0.2, 0.25) is 10.0 Å². The molecule has 3 aromatic rings. The number of imidazole rings is 1. The maximum atomic E-state index is 12.0. The Kier molecular flexibility index (Phi) is 5.44. The number of aromatic nitrogens is 2. The van der Waals surface area contributed by atoms with Gasteiger partial charge < -0.3 is 15.2 Å². The number of carbonyl (C=O) groups excluding carboxylic acids is 2. The van der Waals surface area contributed by atoms with E-state index in [0.717, 1.165) is 16.9 Å². The fraction of sp³-hybridized carbons (Fsp3) is 0.167. The Labute approximate surface area is 160 Å². The summed E-state index contributed by atoms with van der Waals surface area (Å²) in [5.74, 6) is 0.0160. The topological polar surface area (TPSA) is 76.0 Å². The van der Waals surface area contributed by atoms with Crippen LogP contribution in [0.4, 0.5) is 0 Å². The van der Waals surface area contributed by atoms with Gasteiger partial charge in [0.15, 0.2) is 0 Å². The van der Waals surface area contributed by atoms with Crippen LogP contribution in [0.1, 0.15) is 16.2 Å². The van der Waals surface area contributed by atoms with E-state index in [1.807, 2.05) is 35.9 Å². The summed E-state index contributed by atoms with van der Waals surface area (Å²) in [6.07, 6.45) is 0. The zero-order chi connectivity index (χ0) is 18.7. The van der Waals surface area contributed by atoms with Gasteiger partial charge in [0.05, 0.1) is 34.2 Å². The van der Waals surface area contributed by atoms with Gasteiger partial charge in [-0.25, -0.2) is 4.98 Å². The van der Waals surface area contributed by atoms with Gasteiger partial charge in [0.25, 0.3) is 5.91 Å². The first-order chi connectivity index (χ1) is 12.5. The van der Waals surface area contributed by atoms with E-state index in [2.05, 4.69) is 15.6 Å². The number of aryl methyl sites for hydroxylation is 1. The number of halogens is 2. The number of amides is 2. The highest BCUT2D eigenvalue weighted by atomic mass is 35.5. The summed E-state index contributed by atoms with van der Waals surface area (Å²) in [4.78, 5) is 28.5. The Hall–Kier alpha value is -2.57. The highest BCUT2D eigenvalue weighted by Crippen LogP contribution is 2.22. The van der Waals surface area contributed by atoms with Crippen LogP contribution >= 0.6 is 23.2 Å². The smallest absolute Gasteiger partial charge is 0.251 e. The van der Waals surface area contributed by atoms with E-state index in [9.17, 15) is 9.59 Å². The molecule has 0 bridgehead atoms. The molecule has 0 saturated heterocycles. The number of carbonyl (C=O) groups is 2. The third-order valence-corrected chi connectivity index (χ3v) is 4.65. The van der Waals surface area contributed by atoms with Gasteiger partial charge in [0.2, 0.25) is 5.91 Å². The normalized spacial score (nSPS) is 10.7. The maximum Gasteiger partial charge on any atom is 0.251 e. The van der Waals surface area contributed by atoms with Gasteiger partial charge >= 0.3 is 0 Å². The van der Waals surface area contributed by atoms with Gasteiger partial charge in [-0.3, -0.25) is 9.59 Å². The molecule has 134 valence electrons. The third kappa shape index (κ3) is 3.98. The van der Waals surface area contributed by atoms with Crippen molar-refractivity contribution >= 4 is 46.0 Å². The molecule has 0 atom stereocenters. The van der Waals surface area contributed by atoms with E-state index < -0.39 is 5.91 Å². The number of benzene rings is 2. The lowest BCUT2D eigenvalue weighted by Crippen LogP contribution is -2.37. The zero-order valence-corrected chi connectivity index (χ0v) is 15.4. The Morgan fingerprint density at radius 3 is 2.58 bits per heavy atom. The molecule has 1 aromatic heterocycles. The second kappa shape index (κ2) is 7.76. The maximum absolute atomic E-state index is 12.0. The highest BCUT2D eigenvalue weighted by Gasteiger charge is 2.11. The predicted octanol–water partition coefficient (Wildman–Crippen LogP) is 2.93. The van der Waals surface area contributed by atoms with Crippen molar-refractivity contribution in [2.75, 3.05) is 6.54 Å². The minimum Gasteiger partial charge on any atom is -0.347 e. The second-order valence-electron chi connectivity index (χ2n) is 5.66. The van der Waals surface area contributed by atoms with Crippen molar-refractivity contribution in [1.82, 2.24) is 20.2 Å². The van der Waals surface area contributed by atoms with Gasteiger partial charge in [0, 0.05) is 12.6 Å². The molecule has 0 aliphatic heterocycles.